The number of rotatable bonds is 9. The van der Waals surface area contributed by atoms with Crippen LogP contribution in [0, 0.1) is 0 Å². The summed E-state index contributed by atoms with van der Waals surface area (Å²) in [7, 11) is 1.19. The predicted molar refractivity (Wildman–Crippen MR) is 123 cm³/mol. The van der Waals surface area contributed by atoms with Crippen molar-refractivity contribution in [2.24, 2.45) is 0 Å². The molecule has 10 heteroatoms. The maximum Gasteiger partial charge on any atom is 0.262 e. The van der Waals surface area contributed by atoms with Crippen LogP contribution in [-0.4, -0.2) is 47.0 Å². The molecule has 170 valence electrons. The van der Waals surface area contributed by atoms with Gasteiger partial charge >= 0.3 is 0 Å². The van der Waals surface area contributed by atoms with Crippen molar-refractivity contribution in [2.45, 2.75) is 10.9 Å². The quantitative estimate of drug-likeness (QED) is 0.486. The van der Waals surface area contributed by atoms with E-state index in [9.17, 15) is 13.2 Å². The van der Waals surface area contributed by atoms with Crippen LogP contribution in [0.25, 0.3) is 0 Å². The fourth-order valence-corrected chi connectivity index (χ4v) is 4.36. The molecule has 0 bridgehead atoms. The van der Waals surface area contributed by atoms with Crippen LogP contribution in [0.4, 0.5) is 5.69 Å². The van der Waals surface area contributed by atoms with Gasteiger partial charge in [-0.25, -0.2) is 8.42 Å². The van der Waals surface area contributed by atoms with Gasteiger partial charge in [0.1, 0.15) is 11.5 Å². The second-order valence-electron chi connectivity index (χ2n) is 7.18. The summed E-state index contributed by atoms with van der Waals surface area (Å²) in [6.07, 6.45) is 1.57. The molecule has 0 fully saturated rings. The molecule has 1 amide bonds. The van der Waals surface area contributed by atoms with Crippen LogP contribution in [0.5, 0.6) is 5.75 Å². The van der Waals surface area contributed by atoms with Crippen LogP contribution in [0.3, 0.4) is 0 Å². The number of carbonyl (C=O) groups is 1. The number of furan rings is 1. The molecule has 0 aliphatic rings. The standard InChI is InChI=1S/C22H24ClN3O5S/c1-26(2)19(21-8-5-11-31-21)14-24-22(27)15-6-4-7-17(12-15)32(28,29)25-18-13-16(23)9-10-20(18)30-3/h4-13,19,25H,14H2,1-3H3,(H,24,27)/t19-/m1/s1. The number of anilines is 1. The number of ether oxygens (including phenoxy) is 1. The van der Waals surface area contributed by atoms with E-state index in [0.717, 1.165) is 0 Å². The van der Waals surface area contributed by atoms with Crippen molar-refractivity contribution in [3.05, 3.63) is 77.2 Å². The summed E-state index contributed by atoms with van der Waals surface area (Å²) in [6, 6.07) is 13.8. The number of hydrogen-bond acceptors (Lipinski definition) is 6. The van der Waals surface area contributed by atoms with Gasteiger partial charge in [-0.3, -0.25) is 14.4 Å². The zero-order valence-electron chi connectivity index (χ0n) is 17.8. The van der Waals surface area contributed by atoms with Gasteiger partial charge < -0.3 is 14.5 Å². The summed E-state index contributed by atoms with van der Waals surface area (Å²) < 4.78 is 38.9. The predicted octanol–water partition coefficient (Wildman–Crippen LogP) is 3.78. The van der Waals surface area contributed by atoms with Crippen molar-refractivity contribution in [3.8, 4) is 5.75 Å². The fraction of sp³-hybridized carbons (Fsp3) is 0.227. The minimum Gasteiger partial charge on any atom is -0.495 e. The van der Waals surface area contributed by atoms with Crippen LogP contribution >= 0.6 is 11.6 Å². The molecule has 32 heavy (non-hydrogen) atoms. The number of methoxy groups -OCH3 is 1. The maximum absolute atomic E-state index is 12.9. The van der Waals surface area contributed by atoms with Gasteiger partial charge in [0.2, 0.25) is 0 Å². The maximum atomic E-state index is 12.9. The van der Waals surface area contributed by atoms with Crippen molar-refractivity contribution >= 4 is 33.2 Å². The molecule has 0 aliphatic carbocycles. The van der Waals surface area contributed by atoms with Crippen molar-refractivity contribution < 1.29 is 22.4 Å². The first kappa shape index (κ1) is 23.6. The van der Waals surface area contributed by atoms with Gasteiger partial charge in [0.25, 0.3) is 15.9 Å². The first-order chi connectivity index (χ1) is 15.2. The van der Waals surface area contributed by atoms with Crippen LogP contribution in [0.15, 0.2) is 70.2 Å². The molecule has 3 rings (SSSR count). The number of nitrogens with one attached hydrogen (secondary N) is 2. The van der Waals surface area contributed by atoms with Crippen molar-refractivity contribution in [3.63, 3.8) is 0 Å². The number of amides is 1. The monoisotopic (exact) mass is 477 g/mol. The van der Waals surface area contributed by atoms with E-state index in [0.29, 0.717) is 16.5 Å². The van der Waals surface area contributed by atoms with E-state index < -0.39 is 15.9 Å². The van der Waals surface area contributed by atoms with Gasteiger partial charge in [0.05, 0.1) is 30.0 Å². The molecular formula is C22H24ClN3O5S. The first-order valence-electron chi connectivity index (χ1n) is 9.65. The Kier molecular flexibility index (Phi) is 7.44. The normalized spacial score (nSPS) is 12.4. The zero-order valence-corrected chi connectivity index (χ0v) is 19.4. The minimum absolute atomic E-state index is 0.0672. The second kappa shape index (κ2) is 10.1. The molecule has 0 unspecified atom stereocenters. The highest BCUT2D eigenvalue weighted by Crippen LogP contribution is 2.30. The van der Waals surface area contributed by atoms with E-state index in [1.807, 2.05) is 25.1 Å². The molecule has 1 heterocycles. The molecule has 0 spiro atoms. The Labute approximate surface area is 192 Å². The molecule has 3 aromatic rings. The van der Waals surface area contributed by atoms with Crippen LogP contribution in [-0.2, 0) is 10.0 Å². The van der Waals surface area contributed by atoms with Gasteiger partial charge in [-0.15, -0.1) is 0 Å². The third-order valence-corrected chi connectivity index (χ3v) is 6.36. The number of benzene rings is 2. The number of hydrogen-bond donors (Lipinski definition) is 2. The van der Waals surface area contributed by atoms with E-state index in [4.69, 9.17) is 20.8 Å². The average molecular weight is 478 g/mol. The number of likely N-dealkylation sites (N-methyl/N-ethyl adjacent to an activating group) is 1. The molecule has 1 atom stereocenters. The number of halogens is 1. The lowest BCUT2D eigenvalue weighted by molar-refractivity contribution is 0.0939. The first-order valence-corrected chi connectivity index (χ1v) is 11.5. The third-order valence-electron chi connectivity index (χ3n) is 4.76. The van der Waals surface area contributed by atoms with Gasteiger partial charge in [0, 0.05) is 17.1 Å². The summed E-state index contributed by atoms with van der Waals surface area (Å²) in [5, 5.41) is 3.18. The van der Waals surface area contributed by atoms with Gasteiger partial charge in [-0.05, 0) is 62.6 Å². The topological polar surface area (TPSA) is 101 Å². The van der Waals surface area contributed by atoms with Gasteiger partial charge in [-0.1, -0.05) is 17.7 Å². The highest BCUT2D eigenvalue weighted by Gasteiger charge is 2.21. The molecule has 8 nitrogen and oxygen atoms in total. The average Bonchev–Trinajstić information content (AvgIpc) is 3.28. The zero-order chi connectivity index (χ0) is 23.3. The Morgan fingerprint density at radius 2 is 1.94 bits per heavy atom. The number of nitrogens with zero attached hydrogens (tertiary/aromatic N) is 1. The SMILES string of the molecule is COc1ccc(Cl)cc1NS(=O)(=O)c1cccc(C(=O)NC[C@H](c2ccco2)N(C)C)c1. The Morgan fingerprint density at radius 1 is 1.16 bits per heavy atom. The van der Waals surface area contributed by atoms with Crippen molar-refractivity contribution in [1.82, 2.24) is 10.2 Å². The third kappa shape index (κ3) is 5.61. The van der Waals surface area contributed by atoms with E-state index in [1.54, 1.807) is 30.5 Å². The molecule has 0 radical (unpaired) electrons. The highest BCUT2D eigenvalue weighted by atomic mass is 35.5. The van der Waals surface area contributed by atoms with E-state index >= 15 is 0 Å². The summed E-state index contributed by atoms with van der Waals surface area (Å²) in [6.45, 7) is 0.286. The van der Waals surface area contributed by atoms with E-state index in [-0.39, 0.29) is 28.7 Å². The highest BCUT2D eigenvalue weighted by molar-refractivity contribution is 7.92. The van der Waals surface area contributed by atoms with Crippen LogP contribution in [0.2, 0.25) is 5.02 Å². The lowest BCUT2D eigenvalue weighted by atomic mass is 10.2. The van der Waals surface area contributed by atoms with Crippen molar-refractivity contribution in [1.29, 1.82) is 0 Å². The van der Waals surface area contributed by atoms with Crippen LogP contribution < -0.4 is 14.8 Å². The van der Waals surface area contributed by atoms with E-state index in [1.165, 1.54) is 31.4 Å². The molecule has 0 saturated carbocycles. The molecular weight excluding hydrogens is 454 g/mol. The lowest BCUT2D eigenvalue weighted by Crippen LogP contribution is -2.34. The Morgan fingerprint density at radius 3 is 2.59 bits per heavy atom. The van der Waals surface area contributed by atoms with Gasteiger partial charge in [0.15, 0.2) is 0 Å². The number of carbonyl (C=O) groups excluding carboxylic acids is 1. The Balaban J connectivity index is 1.77. The van der Waals surface area contributed by atoms with E-state index in [2.05, 4.69) is 10.0 Å². The molecule has 0 aliphatic heterocycles. The molecule has 2 N–H and O–H groups in total. The fourth-order valence-electron chi connectivity index (χ4n) is 3.08. The smallest absolute Gasteiger partial charge is 0.262 e. The summed E-state index contributed by atoms with van der Waals surface area (Å²) in [5.74, 6) is 0.631. The van der Waals surface area contributed by atoms with Crippen LogP contribution in [0.1, 0.15) is 22.2 Å². The largest absolute Gasteiger partial charge is 0.495 e. The van der Waals surface area contributed by atoms with Crippen molar-refractivity contribution in [2.75, 3.05) is 32.5 Å². The Bertz CT molecular complexity index is 1180. The molecule has 2 aromatic carbocycles. The summed E-state index contributed by atoms with van der Waals surface area (Å²) >= 11 is 5.98. The lowest BCUT2D eigenvalue weighted by Gasteiger charge is -2.22. The molecule has 1 aromatic heterocycles. The summed E-state index contributed by atoms with van der Waals surface area (Å²) in [5.41, 5.74) is 0.407. The minimum atomic E-state index is -3.99. The second-order valence-corrected chi connectivity index (χ2v) is 9.30. The Hall–Kier alpha value is -3.01. The number of sulfonamides is 1. The summed E-state index contributed by atoms with van der Waals surface area (Å²) in [4.78, 5) is 14.6. The molecule has 0 saturated heterocycles. The van der Waals surface area contributed by atoms with Gasteiger partial charge in [-0.2, -0.15) is 0 Å².